The van der Waals surface area contributed by atoms with E-state index in [1.807, 2.05) is 12.1 Å². The van der Waals surface area contributed by atoms with Crippen LogP contribution in [0.25, 0.3) is 6.08 Å². The molecule has 0 saturated heterocycles. The Kier molecular flexibility index (Phi) is 3.51. The number of ether oxygens (including phenoxy) is 1. The van der Waals surface area contributed by atoms with E-state index < -0.39 is 5.60 Å². The summed E-state index contributed by atoms with van der Waals surface area (Å²) in [6.45, 7) is 3.48. The predicted molar refractivity (Wildman–Crippen MR) is 73.8 cm³/mol. The molecular weight excluding hydrogens is 271 g/mol. The van der Waals surface area contributed by atoms with Gasteiger partial charge in [-0.25, -0.2) is 0 Å². The van der Waals surface area contributed by atoms with Crippen molar-refractivity contribution in [2.24, 2.45) is 0 Å². The highest BCUT2D eigenvalue weighted by Gasteiger charge is 2.33. The van der Waals surface area contributed by atoms with Crippen molar-refractivity contribution in [3.05, 3.63) is 51.7 Å². The van der Waals surface area contributed by atoms with Gasteiger partial charge in [0.05, 0.1) is 10.0 Å². The van der Waals surface area contributed by atoms with Gasteiger partial charge in [0.2, 0.25) is 5.78 Å². The molecule has 2 nitrogen and oxygen atoms in total. The van der Waals surface area contributed by atoms with Crippen molar-refractivity contribution < 1.29 is 9.53 Å². The van der Waals surface area contributed by atoms with Crippen molar-refractivity contribution in [2.75, 3.05) is 0 Å². The Balaban J connectivity index is 2.15. The molecule has 0 saturated carbocycles. The minimum absolute atomic E-state index is 0.0312. The lowest BCUT2D eigenvalue weighted by atomic mass is 10.1. The van der Waals surface area contributed by atoms with Crippen LogP contribution in [-0.4, -0.2) is 11.4 Å². The van der Waals surface area contributed by atoms with Crippen molar-refractivity contribution in [3.8, 4) is 0 Å². The molecular formula is C14H12Cl2O2. The number of ketones is 1. The van der Waals surface area contributed by atoms with Crippen LogP contribution < -0.4 is 0 Å². The summed E-state index contributed by atoms with van der Waals surface area (Å²) in [5, 5.41) is 1.01. The molecule has 0 fully saturated rings. The molecule has 1 aliphatic rings. The Bertz CT molecular complexity index is 557. The van der Waals surface area contributed by atoms with Gasteiger partial charge in [-0.15, -0.1) is 0 Å². The maximum atomic E-state index is 11.5. The molecule has 0 atom stereocenters. The van der Waals surface area contributed by atoms with Gasteiger partial charge < -0.3 is 4.74 Å². The Morgan fingerprint density at radius 1 is 1.17 bits per heavy atom. The van der Waals surface area contributed by atoms with E-state index in [-0.39, 0.29) is 5.78 Å². The molecule has 1 heterocycles. The highest BCUT2D eigenvalue weighted by Crippen LogP contribution is 2.26. The molecule has 0 aliphatic carbocycles. The number of hydrogen-bond donors (Lipinski definition) is 0. The molecule has 0 aromatic heterocycles. The highest BCUT2D eigenvalue weighted by molar-refractivity contribution is 6.42. The third-order valence-corrected chi connectivity index (χ3v) is 3.36. The van der Waals surface area contributed by atoms with Crippen LogP contribution in [-0.2, 0) is 9.53 Å². The summed E-state index contributed by atoms with van der Waals surface area (Å²) in [7, 11) is 0. The predicted octanol–water partition coefficient (Wildman–Crippen LogP) is 4.27. The number of benzene rings is 1. The second kappa shape index (κ2) is 4.79. The molecule has 0 bridgehead atoms. The van der Waals surface area contributed by atoms with Crippen LogP contribution in [0, 0.1) is 0 Å². The third kappa shape index (κ3) is 2.77. The summed E-state index contributed by atoms with van der Waals surface area (Å²) < 4.78 is 5.50. The zero-order chi connectivity index (χ0) is 13.3. The minimum Gasteiger partial charge on any atom is -0.480 e. The van der Waals surface area contributed by atoms with E-state index in [1.54, 1.807) is 32.1 Å². The molecule has 0 radical (unpaired) electrons. The third-order valence-electron chi connectivity index (χ3n) is 2.62. The number of rotatable bonds is 2. The average Bonchev–Trinajstić information content (AvgIpc) is 2.55. The smallest absolute Gasteiger partial charge is 0.202 e. The first-order valence-corrected chi connectivity index (χ1v) is 6.22. The molecule has 0 unspecified atom stereocenters. The van der Waals surface area contributed by atoms with Crippen LogP contribution in [0.5, 0.6) is 0 Å². The molecule has 1 aromatic rings. The number of carbonyl (C=O) groups is 1. The maximum Gasteiger partial charge on any atom is 0.202 e. The minimum atomic E-state index is -0.767. The van der Waals surface area contributed by atoms with Crippen LogP contribution >= 0.6 is 23.2 Å². The van der Waals surface area contributed by atoms with Crippen molar-refractivity contribution in [1.29, 1.82) is 0 Å². The van der Waals surface area contributed by atoms with E-state index in [2.05, 4.69) is 0 Å². The lowest BCUT2D eigenvalue weighted by molar-refractivity contribution is -0.126. The number of allylic oxidation sites excluding steroid dienone is 1. The molecule has 4 heteroatoms. The van der Waals surface area contributed by atoms with Crippen molar-refractivity contribution in [1.82, 2.24) is 0 Å². The molecule has 18 heavy (non-hydrogen) atoms. The van der Waals surface area contributed by atoms with Gasteiger partial charge in [0.1, 0.15) is 5.76 Å². The van der Waals surface area contributed by atoms with Gasteiger partial charge in [0.15, 0.2) is 5.60 Å². The van der Waals surface area contributed by atoms with Gasteiger partial charge in [-0.1, -0.05) is 35.3 Å². The van der Waals surface area contributed by atoms with Gasteiger partial charge in [0.25, 0.3) is 0 Å². The quantitative estimate of drug-likeness (QED) is 0.810. The van der Waals surface area contributed by atoms with Gasteiger partial charge in [-0.2, -0.15) is 0 Å². The molecule has 0 amide bonds. The van der Waals surface area contributed by atoms with Crippen LogP contribution in [0.15, 0.2) is 36.1 Å². The summed E-state index contributed by atoms with van der Waals surface area (Å²) in [6.07, 6.45) is 5.06. The fourth-order valence-electron chi connectivity index (χ4n) is 1.55. The summed E-state index contributed by atoms with van der Waals surface area (Å²) in [6, 6.07) is 5.32. The van der Waals surface area contributed by atoms with Crippen molar-refractivity contribution in [3.63, 3.8) is 0 Å². The first-order valence-electron chi connectivity index (χ1n) is 5.47. The second-order valence-electron chi connectivity index (χ2n) is 4.53. The van der Waals surface area contributed by atoms with Crippen LogP contribution in [0.2, 0.25) is 10.0 Å². The topological polar surface area (TPSA) is 26.3 Å². The summed E-state index contributed by atoms with van der Waals surface area (Å²) in [5.41, 5.74) is 0.128. The fraction of sp³-hybridized carbons (Fsp3) is 0.214. The maximum absolute atomic E-state index is 11.5. The van der Waals surface area contributed by atoms with E-state index in [9.17, 15) is 4.79 Å². The van der Waals surface area contributed by atoms with Crippen LogP contribution in [0.4, 0.5) is 0 Å². The zero-order valence-corrected chi connectivity index (χ0v) is 11.5. The molecule has 94 valence electrons. The normalized spacial score (nSPS) is 18.0. The Morgan fingerprint density at radius 3 is 2.44 bits per heavy atom. The molecule has 2 rings (SSSR count). The van der Waals surface area contributed by atoms with E-state index in [0.717, 1.165) is 5.56 Å². The van der Waals surface area contributed by atoms with E-state index in [4.69, 9.17) is 27.9 Å². The van der Waals surface area contributed by atoms with Crippen molar-refractivity contribution >= 4 is 35.1 Å². The number of halogens is 2. The standard InChI is InChI=1S/C14H12Cl2O2/c1-14(2)13(17)8-10(18-14)5-3-9-4-6-11(15)12(16)7-9/h3-8H,1-2H3. The highest BCUT2D eigenvalue weighted by atomic mass is 35.5. The van der Waals surface area contributed by atoms with Crippen LogP contribution in [0.3, 0.4) is 0 Å². The molecule has 0 spiro atoms. The first kappa shape index (κ1) is 13.2. The molecule has 1 aliphatic heterocycles. The van der Waals surface area contributed by atoms with Gasteiger partial charge >= 0.3 is 0 Å². The van der Waals surface area contributed by atoms with Gasteiger partial charge in [-0.05, 0) is 37.6 Å². The lowest BCUT2D eigenvalue weighted by Crippen LogP contribution is -2.27. The number of carbonyl (C=O) groups excluding carboxylic acids is 1. The Hall–Kier alpha value is -1.25. The Labute approximate surface area is 116 Å². The van der Waals surface area contributed by atoms with Gasteiger partial charge in [-0.3, -0.25) is 4.79 Å². The summed E-state index contributed by atoms with van der Waals surface area (Å²) in [5.74, 6) is 0.521. The Morgan fingerprint density at radius 2 is 1.89 bits per heavy atom. The second-order valence-corrected chi connectivity index (χ2v) is 5.34. The van der Waals surface area contributed by atoms with E-state index in [0.29, 0.717) is 15.8 Å². The lowest BCUT2D eigenvalue weighted by Gasteiger charge is -2.16. The SMILES string of the molecule is CC1(C)OC(C=Cc2ccc(Cl)c(Cl)c2)=CC1=O. The monoisotopic (exact) mass is 282 g/mol. The summed E-state index contributed by atoms with van der Waals surface area (Å²) in [4.78, 5) is 11.5. The van der Waals surface area contributed by atoms with Crippen LogP contribution in [0.1, 0.15) is 19.4 Å². The first-order chi connectivity index (χ1) is 8.38. The molecule has 1 aromatic carbocycles. The van der Waals surface area contributed by atoms with E-state index >= 15 is 0 Å². The average molecular weight is 283 g/mol. The largest absolute Gasteiger partial charge is 0.480 e. The fourth-order valence-corrected chi connectivity index (χ4v) is 1.86. The summed E-state index contributed by atoms with van der Waals surface area (Å²) >= 11 is 11.7. The van der Waals surface area contributed by atoms with E-state index in [1.165, 1.54) is 6.08 Å². The van der Waals surface area contributed by atoms with Gasteiger partial charge in [0, 0.05) is 6.08 Å². The zero-order valence-electron chi connectivity index (χ0n) is 10.0. The van der Waals surface area contributed by atoms with Crippen molar-refractivity contribution in [2.45, 2.75) is 19.4 Å². The molecule has 0 N–H and O–H groups in total. The number of hydrogen-bond acceptors (Lipinski definition) is 2.